The SMILES string of the molecule is COC(=O)C(C)NC(=O)c1cc2c(s1)CCCC2. The van der Waals surface area contributed by atoms with E-state index in [1.54, 1.807) is 18.3 Å². The zero-order valence-electron chi connectivity index (χ0n) is 10.6. The highest BCUT2D eigenvalue weighted by atomic mass is 32.1. The molecule has 0 aromatic carbocycles. The smallest absolute Gasteiger partial charge is 0.328 e. The molecule has 18 heavy (non-hydrogen) atoms. The van der Waals surface area contributed by atoms with E-state index in [1.807, 2.05) is 6.07 Å². The maximum Gasteiger partial charge on any atom is 0.328 e. The molecule has 1 unspecified atom stereocenters. The Kier molecular flexibility index (Phi) is 4.01. The van der Waals surface area contributed by atoms with Gasteiger partial charge >= 0.3 is 5.97 Å². The number of hydrogen-bond donors (Lipinski definition) is 1. The summed E-state index contributed by atoms with van der Waals surface area (Å²) in [4.78, 5) is 25.2. The molecule has 0 aliphatic heterocycles. The fourth-order valence-corrected chi connectivity index (χ4v) is 3.26. The second-order valence-electron chi connectivity index (χ2n) is 4.48. The van der Waals surface area contributed by atoms with Gasteiger partial charge in [0.05, 0.1) is 12.0 Å². The third-order valence-corrected chi connectivity index (χ3v) is 4.36. The summed E-state index contributed by atoms with van der Waals surface area (Å²) in [6, 6.07) is 1.35. The minimum atomic E-state index is -0.610. The van der Waals surface area contributed by atoms with Crippen LogP contribution in [-0.2, 0) is 22.4 Å². The fraction of sp³-hybridized carbons (Fsp3) is 0.538. The number of thiophene rings is 1. The first-order chi connectivity index (χ1) is 8.61. The van der Waals surface area contributed by atoms with Gasteiger partial charge in [-0.2, -0.15) is 0 Å². The number of amides is 1. The lowest BCUT2D eigenvalue weighted by Crippen LogP contribution is -2.38. The number of esters is 1. The number of rotatable bonds is 3. The van der Waals surface area contributed by atoms with E-state index < -0.39 is 12.0 Å². The van der Waals surface area contributed by atoms with E-state index in [2.05, 4.69) is 10.1 Å². The fourth-order valence-electron chi connectivity index (χ4n) is 2.11. The average Bonchev–Trinajstić information content (AvgIpc) is 2.81. The third kappa shape index (κ3) is 2.72. The molecule has 0 fully saturated rings. The average molecular weight is 267 g/mol. The van der Waals surface area contributed by atoms with Crippen molar-refractivity contribution in [2.75, 3.05) is 7.11 Å². The van der Waals surface area contributed by atoms with Gasteiger partial charge in [-0.25, -0.2) is 4.79 Å². The van der Waals surface area contributed by atoms with E-state index in [1.165, 1.54) is 30.4 Å². The van der Waals surface area contributed by atoms with Crippen molar-refractivity contribution in [3.8, 4) is 0 Å². The van der Waals surface area contributed by atoms with Crippen molar-refractivity contribution in [1.29, 1.82) is 0 Å². The lowest BCUT2D eigenvalue weighted by molar-refractivity contribution is -0.142. The molecule has 5 heteroatoms. The highest BCUT2D eigenvalue weighted by Crippen LogP contribution is 2.29. The summed E-state index contributed by atoms with van der Waals surface area (Å²) in [5, 5.41) is 2.65. The van der Waals surface area contributed by atoms with Gasteiger partial charge < -0.3 is 10.1 Å². The van der Waals surface area contributed by atoms with Gasteiger partial charge in [-0.15, -0.1) is 11.3 Å². The van der Waals surface area contributed by atoms with Crippen LogP contribution in [0.15, 0.2) is 6.07 Å². The van der Waals surface area contributed by atoms with Gasteiger partial charge in [0, 0.05) is 4.88 Å². The molecule has 1 N–H and O–H groups in total. The van der Waals surface area contributed by atoms with Crippen LogP contribution in [0.25, 0.3) is 0 Å². The minimum Gasteiger partial charge on any atom is -0.467 e. The van der Waals surface area contributed by atoms with E-state index in [-0.39, 0.29) is 5.91 Å². The molecule has 0 saturated heterocycles. The number of hydrogen-bond acceptors (Lipinski definition) is 4. The molecule has 0 spiro atoms. The monoisotopic (exact) mass is 267 g/mol. The summed E-state index contributed by atoms with van der Waals surface area (Å²) in [6.07, 6.45) is 4.53. The molecule has 1 aliphatic carbocycles. The molecule has 1 aromatic heterocycles. The number of ether oxygens (including phenoxy) is 1. The van der Waals surface area contributed by atoms with Crippen LogP contribution in [-0.4, -0.2) is 25.0 Å². The van der Waals surface area contributed by atoms with Gasteiger partial charge in [-0.05, 0) is 44.2 Å². The van der Waals surface area contributed by atoms with E-state index in [0.29, 0.717) is 4.88 Å². The molecule has 1 aromatic rings. The van der Waals surface area contributed by atoms with Gasteiger partial charge in [0.2, 0.25) is 0 Å². The normalized spacial score (nSPS) is 15.7. The first-order valence-corrected chi connectivity index (χ1v) is 6.93. The molecule has 1 amide bonds. The standard InChI is InChI=1S/C13H17NO3S/c1-8(13(16)17-2)14-12(15)11-7-9-5-3-4-6-10(9)18-11/h7-8H,3-6H2,1-2H3,(H,14,15). The first-order valence-electron chi connectivity index (χ1n) is 6.12. The number of carbonyl (C=O) groups excluding carboxylic acids is 2. The summed E-state index contributed by atoms with van der Waals surface area (Å²) in [7, 11) is 1.31. The van der Waals surface area contributed by atoms with Crippen molar-refractivity contribution in [3.05, 3.63) is 21.4 Å². The summed E-state index contributed by atoms with van der Waals surface area (Å²) in [5.74, 6) is -0.614. The third-order valence-electron chi connectivity index (χ3n) is 3.12. The molecule has 1 aliphatic rings. The molecule has 1 heterocycles. The Hall–Kier alpha value is -1.36. The Morgan fingerprint density at radius 2 is 2.11 bits per heavy atom. The van der Waals surface area contributed by atoms with Crippen LogP contribution < -0.4 is 5.32 Å². The Bertz CT molecular complexity index is 443. The second-order valence-corrected chi connectivity index (χ2v) is 5.62. The number of nitrogens with one attached hydrogen (secondary N) is 1. The van der Waals surface area contributed by atoms with E-state index in [9.17, 15) is 9.59 Å². The lowest BCUT2D eigenvalue weighted by atomic mass is 9.99. The molecule has 0 bridgehead atoms. The van der Waals surface area contributed by atoms with Crippen LogP contribution in [0.2, 0.25) is 0 Å². The molecule has 0 radical (unpaired) electrons. The summed E-state index contributed by atoms with van der Waals surface area (Å²) in [5.41, 5.74) is 1.29. The molecule has 2 rings (SSSR count). The van der Waals surface area contributed by atoms with Crippen LogP contribution in [0.4, 0.5) is 0 Å². The predicted octanol–water partition coefficient (Wildman–Crippen LogP) is 1.92. The summed E-state index contributed by atoms with van der Waals surface area (Å²) in [6.45, 7) is 1.62. The van der Waals surface area contributed by atoms with Crippen molar-refractivity contribution in [1.82, 2.24) is 5.32 Å². The molecule has 0 saturated carbocycles. The zero-order valence-corrected chi connectivity index (χ0v) is 11.4. The van der Waals surface area contributed by atoms with Crippen molar-refractivity contribution in [2.45, 2.75) is 38.6 Å². The van der Waals surface area contributed by atoms with Crippen LogP contribution in [0.3, 0.4) is 0 Å². The van der Waals surface area contributed by atoms with E-state index in [4.69, 9.17) is 0 Å². The van der Waals surface area contributed by atoms with Crippen molar-refractivity contribution in [2.24, 2.45) is 0 Å². The Morgan fingerprint density at radius 1 is 1.39 bits per heavy atom. The summed E-state index contributed by atoms with van der Waals surface area (Å²) >= 11 is 1.54. The number of carbonyl (C=O) groups is 2. The topological polar surface area (TPSA) is 55.4 Å². The van der Waals surface area contributed by atoms with Crippen LogP contribution >= 0.6 is 11.3 Å². The van der Waals surface area contributed by atoms with E-state index in [0.717, 1.165) is 12.8 Å². The van der Waals surface area contributed by atoms with Crippen molar-refractivity contribution >= 4 is 23.2 Å². The van der Waals surface area contributed by atoms with Gasteiger partial charge in [0.15, 0.2) is 0 Å². The number of fused-ring (bicyclic) bond motifs is 1. The second kappa shape index (κ2) is 5.52. The van der Waals surface area contributed by atoms with Gasteiger partial charge in [0.1, 0.15) is 6.04 Å². The predicted molar refractivity (Wildman–Crippen MR) is 69.9 cm³/mol. The van der Waals surface area contributed by atoms with Gasteiger partial charge in [0.25, 0.3) is 5.91 Å². The highest BCUT2D eigenvalue weighted by molar-refractivity contribution is 7.14. The summed E-state index contributed by atoms with van der Waals surface area (Å²) < 4.78 is 4.58. The highest BCUT2D eigenvalue weighted by Gasteiger charge is 2.20. The maximum absolute atomic E-state index is 12.0. The molecule has 1 atom stereocenters. The van der Waals surface area contributed by atoms with Crippen molar-refractivity contribution in [3.63, 3.8) is 0 Å². The zero-order chi connectivity index (χ0) is 13.1. The van der Waals surface area contributed by atoms with E-state index >= 15 is 0 Å². The van der Waals surface area contributed by atoms with Gasteiger partial charge in [-0.3, -0.25) is 4.79 Å². The Balaban J connectivity index is 2.05. The van der Waals surface area contributed by atoms with Crippen LogP contribution in [0, 0.1) is 0 Å². The number of aryl methyl sites for hydroxylation is 2. The van der Waals surface area contributed by atoms with Gasteiger partial charge in [-0.1, -0.05) is 0 Å². The largest absolute Gasteiger partial charge is 0.467 e. The molecule has 4 nitrogen and oxygen atoms in total. The lowest BCUT2D eigenvalue weighted by Gasteiger charge is -2.10. The molecular weight excluding hydrogens is 250 g/mol. The number of methoxy groups -OCH3 is 1. The van der Waals surface area contributed by atoms with Crippen molar-refractivity contribution < 1.29 is 14.3 Å². The van der Waals surface area contributed by atoms with Crippen LogP contribution in [0.1, 0.15) is 39.9 Å². The Labute approximate surface area is 110 Å². The quantitative estimate of drug-likeness (QED) is 0.851. The first kappa shape index (κ1) is 13.1. The molecular formula is C13H17NO3S. The Morgan fingerprint density at radius 3 is 2.78 bits per heavy atom. The molecule has 98 valence electrons. The minimum absolute atomic E-state index is 0.188. The maximum atomic E-state index is 12.0. The van der Waals surface area contributed by atoms with Crippen LogP contribution in [0.5, 0.6) is 0 Å².